The summed E-state index contributed by atoms with van der Waals surface area (Å²) < 4.78 is 1.11. The van der Waals surface area contributed by atoms with Gasteiger partial charge in [0.15, 0.2) is 8.68 Å². The summed E-state index contributed by atoms with van der Waals surface area (Å²) in [4.78, 5) is 36.0. The van der Waals surface area contributed by atoms with Gasteiger partial charge in [-0.1, -0.05) is 34.9 Å². The van der Waals surface area contributed by atoms with Gasteiger partial charge in [0.05, 0.1) is 17.8 Å². The Bertz CT molecular complexity index is 795. The zero-order valence-corrected chi connectivity index (χ0v) is 16.5. The van der Waals surface area contributed by atoms with Crippen LogP contribution in [0, 0.1) is 5.92 Å². The van der Waals surface area contributed by atoms with E-state index in [1.807, 2.05) is 0 Å². The van der Waals surface area contributed by atoms with Crippen molar-refractivity contribution >= 4 is 64.5 Å². The summed E-state index contributed by atoms with van der Waals surface area (Å²) in [5.74, 6) is -2.90. The van der Waals surface area contributed by atoms with Crippen molar-refractivity contribution in [3.63, 3.8) is 0 Å². The summed E-state index contributed by atoms with van der Waals surface area (Å²) >= 11 is 4.85. The van der Waals surface area contributed by atoms with E-state index in [-0.39, 0.29) is 22.7 Å². The summed E-state index contributed by atoms with van der Waals surface area (Å²) in [6.07, 6.45) is -0.838. The summed E-state index contributed by atoms with van der Waals surface area (Å²) in [6.45, 7) is 1.52. The molecule has 3 heterocycles. The standard InChI is InChI=1S/C13H13N3O6S4/c1-4(17)7-9(20)16-8(11(21)22)5(25-10(7)16)2-23-12-14-15-13(26-12)24-3-6(18)19/h4,7,10,17H,2-3H2,1H3,(H,18,19)(H,21,22)/t4?,7-,10+/m0/s1. The van der Waals surface area contributed by atoms with Crippen LogP contribution in [0.3, 0.4) is 0 Å². The molecule has 0 radical (unpaired) electrons. The number of fused-ring (bicyclic) bond motifs is 1. The number of rotatable bonds is 8. The molecule has 0 saturated carbocycles. The van der Waals surface area contributed by atoms with E-state index in [9.17, 15) is 24.6 Å². The molecule has 13 heteroatoms. The average molecular weight is 436 g/mol. The molecule has 3 atom stereocenters. The normalized spacial score (nSPS) is 23.0. The number of hydrogen-bond acceptors (Lipinski definition) is 10. The van der Waals surface area contributed by atoms with Crippen molar-refractivity contribution < 1.29 is 29.7 Å². The van der Waals surface area contributed by atoms with Crippen molar-refractivity contribution in [3.05, 3.63) is 10.6 Å². The summed E-state index contributed by atoms with van der Waals surface area (Å²) in [5, 5.41) is 35.3. The number of carbonyl (C=O) groups excluding carboxylic acids is 1. The van der Waals surface area contributed by atoms with E-state index in [0.717, 1.165) is 11.8 Å². The van der Waals surface area contributed by atoms with Crippen LogP contribution in [0.5, 0.6) is 0 Å². The van der Waals surface area contributed by atoms with E-state index in [2.05, 4.69) is 10.2 Å². The lowest BCUT2D eigenvalue weighted by Crippen LogP contribution is -2.60. The van der Waals surface area contributed by atoms with Gasteiger partial charge in [0.1, 0.15) is 11.1 Å². The first-order valence-electron chi connectivity index (χ1n) is 7.24. The molecule has 140 valence electrons. The van der Waals surface area contributed by atoms with Crippen LogP contribution in [0.25, 0.3) is 0 Å². The lowest BCUT2D eigenvalue weighted by Gasteiger charge is -2.43. The van der Waals surface area contributed by atoms with Gasteiger partial charge in [-0.15, -0.1) is 22.0 Å². The minimum absolute atomic E-state index is 0.0422. The highest BCUT2D eigenvalue weighted by atomic mass is 32.2. The van der Waals surface area contributed by atoms with Gasteiger partial charge in [-0.25, -0.2) is 4.79 Å². The van der Waals surface area contributed by atoms with Crippen molar-refractivity contribution in [2.24, 2.45) is 5.92 Å². The van der Waals surface area contributed by atoms with Gasteiger partial charge < -0.3 is 15.3 Å². The quantitative estimate of drug-likeness (QED) is 0.398. The topological polar surface area (TPSA) is 141 Å². The number of carbonyl (C=O) groups is 3. The van der Waals surface area contributed by atoms with Crippen LogP contribution >= 0.6 is 46.6 Å². The monoisotopic (exact) mass is 435 g/mol. The van der Waals surface area contributed by atoms with Gasteiger partial charge in [0.2, 0.25) is 5.91 Å². The maximum absolute atomic E-state index is 12.1. The maximum Gasteiger partial charge on any atom is 0.353 e. The number of carboxylic acids is 2. The lowest BCUT2D eigenvalue weighted by molar-refractivity contribution is -0.156. The van der Waals surface area contributed by atoms with E-state index in [1.165, 1.54) is 46.7 Å². The van der Waals surface area contributed by atoms with Gasteiger partial charge >= 0.3 is 11.9 Å². The second kappa shape index (κ2) is 7.76. The van der Waals surface area contributed by atoms with E-state index < -0.39 is 24.0 Å². The number of carboxylic acid groups (broad SMARTS) is 2. The van der Waals surface area contributed by atoms with Gasteiger partial charge in [-0.05, 0) is 6.92 Å². The zero-order chi connectivity index (χ0) is 19.0. The van der Waals surface area contributed by atoms with Crippen LogP contribution in [0.1, 0.15) is 6.92 Å². The fraction of sp³-hybridized carbons (Fsp3) is 0.462. The van der Waals surface area contributed by atoms with Crippen molar-refractivity contribution in [2.45, 2.75) is 27.1 Å². The first kappa shape index (κ1) is 19.5. The van der Waals surface area contributed by atoms with Gasteiger partial charge in [-0.3, -0.25) is 14.5 Å². The fourth-order valence-electron chi connectivity index (χ4n) is 2.52. The van der Waals surface area contributed by atoms with Crippen molar-refractivity contribution in [2.75, 3.05) is 11.5 Å². The van der Waals surface area contributed by atoms with E-state index >= 15 is 0 Å². The number of β-lactam (4-membered cyclic amide) rings is 1. The third kappa shape index (κ3) is 3.71. The highest BCUT2D eigenvalue weighted by Gasteiger charge is 2.57. The van der Waals surface area contributed by atoms with Crippen LogP contribution in [0.15, 0.2) is 19.3 Å². The molecular weight excluding hydrogens is 422 g/mol. The number of nitrogens with zero attached hydrogens (tertiary/aromatic N) is 3. The Balaban J connectivity index is 1.67. The van der Waals surface area contributed by atoms with E-state index in [0.29, 0.717) is 19.3 Å². The maximum atomic E-state index is 12.1. The van der Waals surface area contributed by atoms with Crippen molar-refractivity contribution in [1.82, 2.24) is 15.1 Å². The Morgan fingerprint density at radius 3 is 2.50 bits per heavy atom. The molecule has 0 bridgehead atoms. The number of aromatic nitrogens is 2. The number of amides is 1. The molecule has 9 nitrogen and oxygen atoms in total. The number of aliphatic hydroxyl groups excluding tert-OH is 1. The largest absolute Gasteiger partial charge is 0.481 e. The summed E-state index contributed by atoms with van der Waals surface area (Å²) in [7, 11) is 0. The molecule has 0 aliphatic carbocycles. The molecule has 1 fully saturated rings. The number of aliphatic carboxylic acids is 2. The average Bonchev–Trinajstić information content (AvgIpc) is 3.12. The molecule has 26 heavy (non-hydrogen) atoms. The molecule has 1 aromatic rings. The SMILES string of the molecule is CC(O)[C@H]1C(=O)N2C(C(=O)O)=C(CSc3nnc(SCC(=O)O)s3)S[C@H]12. The molecule has 2 aliphatic heterocycles. The smallest absolute Gasteiger partial charge is 0.353 e. The Morgan fingerprint density at radius 1 is 1.27 bits per heavy atom. The summed E-state index contributed by atoms with van der Waals surface area (Å²) in [6, 6.07) is 0. The van der Waals surface area contributed by atoms with Crippen molar-refractivity contribution in [1.29, 1.82) is 0 Å². The lowest BCUT2D eigenvalue weighted by atomic mass is 9.92. The van der Waals surface area contributed by atoms with Crippen LogP contribution in [0.2, 0.25) is 0 Å². The fourth-order valence-corrected chi connectivity index (χ4v) is 6.97. The molecule has 1 amide bonds. The highest BCUT2D eigenvalue weighted by molar-refractivity contribution is 8.07. The molecule has 1 saturated heterocycles. The zero-order valence-electron chi connectivity index (χ0n) is 13.2. The minimum atomic E-state index is -1.18. The Morgan fingerprint density at radius 2 is 1.92 bits per heavy atom. The first-order chi connectivity index (χ1) is 12.3. The molecular formula is C13H13N3O6S4. The van der Waals surface area contributed by atoms with Gasteiger partial charge in [0.25, 0.3) is 0 Å². The second-order valence-corrected chi connectivity index (χ2v) is 10.00. The predicted molar refractivity (Wildman–Crippen MR) is 97.1 cm³/mol. The van der Waals surface area contributed by atoms with Gasteiger partial charge in [-0.2, -0.15) is 0 Å². The molecule has 2 aliphatic rings. The highest BCUT2D eigenvalue weighted by Crippen LogP contribution is 2.51. The number of thioether (sulfide) groups is 3. The molecule has 1 unspecified atom stereocenters. The van der Waals surface area contributed by atoms with Gasteiger partial charge in [0, 0.05) is 10.7 Å². The summed E-state index contributed by atoms with van der Waals surface area (Å²) in [5.41, 5.74) is -0.0422. The molecule has 0 aromatic carbocycles. The molecule has 3 rings (SSSR count). The molecule has 1 aromatic heterocycles. The Hall–Kier alpha value is -1.28. The first-order valence-corrected chi connectivity index (χ1v) is 10.9. The Kier molecular flexibility index (Phi) is 5.81. The second-order valence-electron chi connectivity index (χ2n) is 5.36. The van der Waals surface area contributed by atoms with Crippen LogP contribution in [-0.2, 0) is 14.4 Å². The van der Waals surface area contributed by atoms with Crippen molar-refractivity contribution in [3.8, 4) is 0 Å². The van der Waals surface area contributed by atoms with Crippen LogP contribution in [-0.4, -0.2) is 71.2 Å². The van der Waals surface area contributed by atoms with Crippen LogP contribution < -0.4 is 0 Å². The van der Waals surface area contributed by atoms with Crippen LogP contribution in [0.4, 0.5) is 0 Å². The predicted octanol–water partition coefficient (Wildman–Crippen LogP) is 1.02. The van der Waals surface area contributed by atoms with E-state index in [4.69, 9.17) is 5.11 Å². The minimum Gasteiger partial charge on any atom is -0.481 e. The third-order valence-electron chi connectivity index (χ3n) is 3.61. The van der Waals surface area contributed by atoms with E-state index in [1.54, 1.807) is 0 Å². The molecule has 3 N–H and O–H groups in total. The molecule has 0 spiro atoms. The third-order valence-corrected chi connectivity index (χ3v) is 8.36. The number of aliphatic hydroxyl groups is 1. The Labute approximate surface area is 164 Å². The number of hydrogen-bond donors (Lipinski definition) is 3.